The minimum Gasteiger partial charge on any atom is -0.481 e. The Labute approximate surface area is 337 Å². The minimum atomic E-state index is -0.710. The highest BCUT2D eigenvalue weighted by atomic mass is 17.1. The maximum atomic E-state index is 12.2. The van der Waals surface area contributed by atoms with Gasteiger partial charge in [-0.1, -0.05) is 91.9 Å². The molecule has 0 amide bonds. The molecule has 6 heterocycles. The number of carboxylic acids is 3. The highest BCUT2D eigenvalue weighted by molar-refractivity contribution is 5.77. The molecule has 11 fully saturated rings. The predicted octanol–water partition coefficient (Wildman–Crippen LogP) is 8.57. The molecule has 0 aromatic heterocycles. The zero-order valence-electron chi connectivity index (χ0n) is 35.0. The molecule has 5 saturated carbocycles. The molecule has 5 aliphatic carbocycles. The Balaban J connectivity index is 0.000000111. The second kappa shape index (κ2) is 13.3. The lowest BCUT2D eigenvalue weighted by molar-refractivity contribution is -0.163. The fourth-order valence-electron chi connectivity index (χ4n) is 13.1. The van der Waals surface area contributed by atoms with Gasteiger partial charge in [-0.2, -0.15) is 0 Å². The van der Waals surface area contributed by atoms with E-state index in [4.69, 9.17) is 28.4 Å². The van der Waals surface area contributed by atoms with E-state index in [2.05, 4.69) is 27.7 Å². The molecule has 6 saturated heterocycles. The Hall–Kier alpha value is -1.83. The van der Waals surface area contributed by atoms with Gasteiger partial charge in [0.15, 0.2) is 0 Å². The summed E-state index contributed by atoms with van der Waals surface area (Å²) >= 11 is 0. The van der Waals surface area contributed by atoms with E-state index >= 15 is 0 Å². The molecule has 3 N–H and O–H groups in total. The zero-order chi connectivity index (χ0) is 40.5. The quantitative estimate of drug-likeness (QED) is 0.169. The van der Waals surface area contributed by atoms with Crippen molar-refractivity contribution < 1.29 is 58.1 Å². The van der Waals surface area contributed by atoms with Crippen LogP contribution in [0.1, 0.15) is 176 Å². The molecule has 57 heavy (non-hydrogen) atoms. The summed E-state index contributed by atoms with van der Waals surface area (Å²) in [5.74, 6) is -2.55. The standard InChI is InChI=1S/C16H24O4.C15H24O4.C14H20O4/c1-13(2)9-15-16(19-15,20-15)10-14(13,12(17)18)8-11-6-4-3-5-7-11;1-4-9-12(18-9)8-15(3,13(16)17)14(2)6-5-10-11(7-14)19-10;15-11(16)12(8-10-4-2-1-3-5-10)6-7-13-14(9-12,17-13)18-13/h11H,3-10H2,1-2H3,(H,17,18);9-12H,4-8H2,1-3H3,(H,16,17);10H,1-9H2,(H,15,16). The zero-order valence-corrected chi connectivity index (χ0v) is 35.0. The van der Waals surface area contributed by atoms with Crippen LogP contribution in [0.2, 0.25) is 0 Å². The van der Waals surface area contributed by atoms with Crippen LogP contribution in [0, 0.1) is 38.9 Å². The second-order valence-corrected chi connectivity index (χ2v) is 21.7. The second-order valence-electron chi connectivity index (χ2n) is 21.7. The van der Waals surface area contributed by atoms with Gasteiger partial charge >= 0.3 is 17.9 Å². The highest BCUT2D eigenvalue weighted by Crippen LogP contribution is 2.81. The van der Waals surface area contributed by atoms with E-state index in [-0.39, 0.29) is 28.8 Å². The summed E-state index contributed by atoms with van der Waals surface area (Å²) in [6, 6.07) is 0. The molecule has 8 unspecified atom stereocenters. The summed E-state index contributed by atoms with van der Waals surface area (Å²) in [5.41, 5.74) is -2.43. The smallest absolute Gasteiger partial charge is 0.310 e. The van der Waals surface area contributed by atoms with Crippen molar-refractivity contribution in [3.05, 3.63) is 0 Å². The van der Waals surface area contributed by atoms with Crippen LogP contribution in [0.5, 0.6) is 0 Å². The Morgan fingerprint density at radius 3 is 1.74 bits per heavy atom. The molecule has 8 atom stereocenters. The van der Waals surface area contributed by atoms with Gasteiger partial charge in [0, 0.05) is 25.7 Å². The number of rotatable bonds is 11. The first-order valence-corrected chi connectivity index (χ1v) is 22.7. The topological polar surface area (TPSA) is 187 Å². The fraction of sp³-hybridized carbons (Fsp3) is 0.933. The van der Waals surface area contributed by atoms with Crippen molar-refractivity contribution in [3.8, 4) is 0 Å². The van der Waals surface area contributed by atoms with Crippen LogP contribution in [0.4, 0.5) is 0 Å². The van der Waals surface area contributed by atoms with E-state index in [0.29, 0.717) is 43.3 Å². The highest BCUT2D eigenvalue weighted by Gasteiger charge is 2.96. The van der Waals surface area contributed by atoms with Crippen molar-refractivity contribution in [2.45, 2.75) is 223 Å². The summed E-state index contributed by atoms with van der Waals surface area (Å²) in [5, 5.41) is 29.5. The van der Waals surface area contributed by atoms with Crippen molar-refractivity contribution in [1.29, 1.82) is 0 Å². The van der Waals surface area contributed by atoms with Crippen molar-refractivity contribution in [2.24, 2.45) is 38.9 Å². The molecule has 12 heteroatoms. The largest absolute Gasteiger partial charge is 0.481 e. The first kappa shape index (κ1) is 40.6. The van der Waals surface area contributed by atoms with E-state index in [9.17, 15) is 29.7 Å². The van der Waals surface area contributed by atoms with E-state index in [0.717, 1.165) is 57.8 Å². The van der Waals surface area contributed by atoms with Gasteiger partial charge in [0.2, 0.25) is 23.1 Å². The molecule has 11 aliphatic rings. The van der Waals surface area contributed by atoms with Crippen molar-refractivity contribution >= 4 is 17.9 Å². The summed E-state index contributed by atoms with van der Waals surface area (Å²) in [6.07, 6.45) is 23.0. The lowest BCUT2D eigenvalue weighted by Gasteiger charge is -2.46. The SMILES string of the molecule is CC1(C)CC23OC2(CC1(CC1CCCCC1)C(=O)O)O3.CCC1OC1CC(C)(C(=O)O)C1(C)CCC2OC2C1.O=C(O)C1(CC2CCCCC2)CCC23OC2(C1)O3. The van der Waals surface area contributed by atoms with Crippen LogP contribution in [0.25, 0.3) is 0 Å². The average molecular weight is 801 g/mol. The van der Waals surface area contributed by atoms with Gasteiger partial charge in [-0.15, -0.1) is 0 Å². The Kier molecular flexibility index (Phi) is 9.49. The normalized spacial score (nSPS) is 48.8. The maximum Gasteiger partial charge on any atom is 0.310 e. The van der Waals surface area contributed by atoms with Crippen LogP contribution in [0.3, 0.4) is 0 Å². The van der Waals surface area contributed by atoms with Crippen LogP contribution >= 0.6 is 0 Å². The lowest BCUT2D eigenvalue weighted by Crippen LogP contribution is -2.50. The molecule has 0 aromatic carbocycles. The first-order chi connectivity index (χ1) is 26.8. The summed E-state index contributed by atoms with van der Waals surface area (Å²) in [7, 11) is 0. The third-order valence-electron chi connectivity index (χ3n) is 17.8. The average Bonchev–Trinajstić information content (AvgIpc) is 3.89. The van der Waals surface area contributed by atoms with Gasteiger partial charge in [0.1, 0.15) is 0 Å². The molecular weight excluding hydrogens is 732 g/mol. The molecular formula is C45H68O12. The van der Waals surface area contributed by atoms with Crippen LogP contribution in [-0.2, 0) is 42.8 Å². The maximum absolute atomic E-state index is 12.2. The number of ether oxygens (including phenoxy) is 6. The summed E-state index contributed by atoms with van der Waals surface area (Å²) < 4.78 is 33.7. The van der Waals surface area contributed by atoms with E-state index < -0.39 is 51.5 Å². The molecule has 12 nitrogen and oxygen atoms in total. The Morgan fingerprint density at radius 1 is 0.632 bits per heavy atom. The monoisotopic (exact) mass is 800 g/mol. The number of carbonyl (C=O) groups is 3. The minimum absolute atomic E-state index is 0.140. The Morgan fingerprint density at radius 2 is 1.21 bits per heavy atom. The first-order valence-electron chi connectivity index (χ1n) is 22.7. The number of epoxide rings is 6. The third-order valence-corrected chi connectivity index (χ3v) is 17.8. The van der Waals surface area contributed by atoms with Crippen LogP contribution < -0.4 is 0 Å². The van der Waals surface area contributed by atoms with Crippen LogP contribution in [-0.4, -0.2) is 80.8 Å². The van der Waals surface area contributed by atoms with Gasteiger partial charge in [-0.25, -0.2) is 0 Å². The van der Waals surface area contributed by atoms with Gasteiger partial charge in [0.05, 0.1) is 40.7 Å². The van der Waals surface area contributed by atoms with E-state index in [1.165, 1.54) is 64.2 Å². The molecule has 0 radical (unpaired) electrons. The molecule has 11 rings (SSSR count). The lowest BCUT2D eigenvalue weighted by atomic mass is 9.54. The van der Waals surface area contributed by atoms with E-state index in [1.807, 2.05) is 6.92 Å². The van der Waals surface area contributed by atoms with Crippen molar-refractivity contribution in [3.63, 3.8) is 0 Å². The van der Waals surface area contributed by atoms with Crippen molar-refractivity contribution in [1.82, 2.24) is 0 Å². The number of aliphatic carboxylic acids is 3. The number of hydrogen-bond donors (Lipinski definition) is 3. The third kappa shape index (κ3) is 6.63. The van der Waals surface area contributed by atoms with E-state index in [1.54, 1.807) is 0 Å². The molecule has 0 spiro atoms. The summed E-state index contributed by atoms with van der Waals surface area (Å²) in [6.45, 7) is 10.3. The molecule has 6 aliphatic heterocycles. The van der Waals surface area contributed by atoms with Crippen LogP contribution in [0.15, 0.2) is 0 Å². The molecule has 0 bridgehead atoms. The number of fused-ring (bicyclic) bond motifs is 1. The van der Waals surface area contributed by atoms with Gasteiger partial charge in [-0.05, 0) is 81.0 Å². The van der Waals surface area contributed by atoms with Gasteiger partial charge < -0.3 is 43.7 Å². The predicted molar refractivity (Wildman–Crippen MR) is 205 cm³/mol. The number of hydrogen-bond acceptors (Lipinski definition) is 9. The summed E-state index contributed by atoms with van der Waals surface area (Å²) in [4.78, 5) is 35.8. The number of carboxylic acid groups (broad SMARTS) is 3. The molecule has 0 aromatic rings. The van der Waals surface area contributed by atoms with Gasteiger partial charge in [0.25, 0.3) is 0 Å². The van der Waals surface area contributed by atoms with Gasteiger partial charge in [-0.3, -0.25) is 14.4 Å². The van der Waals surface area contributed by atoms with Crippen molar-refractivity contribution in [2.75, 3.05) is 0 Å². The fourth-order valence-corrected chi connectivity index (χ4v) is 13.1. The Bertz CT molecular complexity index is 1620. The molecule has 320 valence electrons.